The van der Waals surface area contributed by atoms with Gasteiger partial charge in [0.05, 0.1) is 0 Å². The van der Waals surface area contributed by atoms with Crippen molar-refractivity contribution in [2.45, 2.75) is 12.8 Å². The van der Waals surface area contributed by atoms with Crippen molar-refractivity contribution >= 4 is 5.91 Å². The molecule has 0 bridgehead atoms. The number of rotatable bonds is 3. The van der Waals surface area contributed by atoms with Crippen LogP contribution in [0.5, 0.6) is 0 Å². The molecule has 0 radical (unpaired) electrons. The molecule has 0 aromatic heterocycles. The SMILES string of the molecule is C=CC(=O)N1CCCC(/C(N)=C/NN)C1. The minimum absolute atomic E-state index is 0.0341. The third-order valence-corrected chi connectivity index (χ3v) is 2.63. The van der Waals surface area contributed by atoms with E-state index >= 15 is 0 Å². The lowest BCUT2D eigenvalue weighted by Gasteiger charge is -2.32. The number of carbonyl (C=O) groups excluding carboxylic acids is 1. The quantitative estimate of drug-likeness (QED) is 0.338. The van der Waals surface area contributed by atoms with Crippen LogP contribution in [0.1, 0.15) is 12.8 Å². The number of nitrogens with one attached hydrogen (secondary N) is 1. The molecule has 0 aromatic rings. The van der Waals surface area contributed by atoms with E-state index in [2.05, 4.69) is 12.0 Å². The van der Waals surface area contributed by atoms with Crippen molar-refractivity contribution in [2.75, 3.05) is 13.1 Å². The number of nitrogens with two attached hydrogens (primary N) is 2. The van der Waals surface area contributed by atoms with Crippen molar-refractivity contribution in [3.8, 4) is 0 Å². The maximum atomic E-state index is 11.4. The molecule has 1 heterocycles. The Kier molecular flexibility index (Phi) is 4.17. The van der Waals surface area contributed by atoms with E-state index in [1.165, 1.54) is 6.08 Å². The summed E-state index contributed by atoms with van der Waals surface area (Å²) >= 11 is 0. The van der Waals surface area contributed by atoms with Crippen molar-refractivity contribution in [1.29, 1.82) is 0 Å². The zero-order valence-electron chi connectivity index (χ0n) is 8.78. The molecule has 1 amide bonds. The van der Waals surface area contributed by atoms with Crippen molar-refractivity contribution in [3.63, 3.8) is 0 Å². The number of hydrogen-bond donors (Lipinski definition) is 3. The Balaban J connectivity index is 2.59. The average molecular weight is 210 g/mol. The van der Waals surface area contributed by atoms with Gasteiger partial charge in [0.15, 0.2) is 0 Å². The van der Waals surface area contributed by atoms with Gasteiger partial charge in [-0.3, -0.25) is 10.6 Å². The first kappa shape index (κ1) is 11.6. The molecule has 1 unspecified atom stereocenters. The Hall–Kier alpha value is -1.49. The third-order valence-electron chi connectivity index (χ3n) is 2.63. The van der Waals surface area contributed by atoms with E-state index in [4.69, 9.17) is 11.6 Å². The van der Waals surface area contributed by atoms with Crippen LogP contribution in [0, 0.1) is 5.92 Å². The molecule has 1 aliphatic rings. The van der Waals surface area contributed by atoms with Crippen LogP contribution in [0.3, 0.4) is 0 Å². The zero-order chi connectivity index (χ0) is 11.3. The van der Waals surface area contributed by atoms with Crippen molar-refractivity contribution in [2.24, 2.45) is 17.5 Å². The summed E-state index contributed by atoms with van der Waals surface area (Å²) in [4.78, 5) is 13.2. The second-order valence-corrected chi connectivity index (χ2v) is 3.64. The molecular weight excluding hydrogens is 192 g/mol. The first-order valence-corrected chi connectivity index (χ1v) is 5.02. The molecule has 0 aromatic carbocycles. The second kappa shape index (κ2) is 5.41. The largest absolute Gasteiger partial charge is 0.401 e. The van der Waals surface area contributed by atoms with E-state index < -0.39 is 0 Å². The first-order valence-electron chi connectivity index (χ1n) is 5.02. The summed E-state index contributed by atoms with van der Waals surface area (Å²) in [6.45, 7) is 4.90. The summed E-state index contributed by atoms with van der Waals surface area (Å²) in [5.41, 5.74) is 8.92. The highest BCUT2D eigenvalue weighted by atomic mass is 16.2. The van der Waals surface area contributed by atoms with Gasteiger partial charge in [0.2, 0.25) is 5.91 Å². The normalized spacial score (nSPS) is 22.3. The monoisotopic (exact) mass is 210 g/mol. The number of piperidine rings is 1. The van der Waals surface area contributed by atoms with Crippen LogP contribution in [-0.2, 0) is 4.79 Å². The fraction of sp³-hybridized carbons (Fsp3) is 0.500. The molecule has 5 heteroatoms. The maximum absolute atomic E-state index is 11.4. The van der Waals surface area contributed by atoms with Gasteiger partial charge in [0.25, 0.3) is 0 Å². The van der Waals surface area contributed by atoms with Crippen LogP contribution in [0.25, 0.3) is 0 Å². The minimum atomic E-state index is -0.0341. The summed E-state index contributed by atoms with van der Waals surface area (Å²) in [5.74, 6) is 5.31. The Labute approximate surface area is 89.8 Å². The van der Waals surface area contributed by atoms with E-state index in [0.29, 0.717) is 12.2 Å². The molecule has 1 fully saturated rings. The molecule has 1 rings (SSSR count). The predicted octanol–water partition coefficient (Wildman–Crippen LogP) is -0.326. The summed E-state index contributed by atoms with van der Waals surface area (Å²) < 4.78 is 0. The van der Waals surface area contributed by atoms with Crippen molar-refractivity contribution < 1.29 is 4.79 Å². The topological polar surface area (TPSA) is 84.4 Å². The Morgan fingerprint density at radius 3 is 2.93 bits per heavy atom. The molecule has 1 aliphatic heterocycles. The van der Waals surface area contributed by atoms with Crippen LogP contribution in [-0.4, -0.2) is 23.9 Å². The molecule has 84 valence electrons. The van der Waals surface area contributed by atoms with E-state index in [1.807, 2.05) is 0 Å². The molecule has 5 N–H and O–H groups in total. The Bertz CT molecular complexity index is 275. The van der Waals surface area contributed by atoms with Crippen LogP contribution >= 0.6 is 0 Å². The minimum Gasteiger partial charge on any atom is -0.401 e. The summed E-state index contributed by atoms with van der Waals surface area (Å²) in [6.07, 6.45) is 4.87. The van der Waals surface area contributed by atoms with Crippen molar-refractivity contribution in [1.82, 2.24) is 10.3 Å². The van der Waals surface area contributed by atoms with Crippen LogP contribution in [0.4, 0.5) is 0 Å². The molecule has 1 atom stereocenters. The van der Waals surface area contributed by atoms with Gasteiger partial charge < -0.3 is 16.1 Å². The van der Waals surface area contributed by atoms with E-state index in [9.17, 15) is 4.79 Å². The molecule has 5 nitrogen and oxygen atoms in total. The summed E-state index contributed by atoms with van der Waals surface area (Å²) in [7, 11) is 0. The number of nitrogens with zero attached hydrogens (tertiary/aromatic N) is 1. The molecule has 15 heavy (non-hydrogen) atoms. The standard InChI is InChI=1S/C10H18N4O/c1-2-10(15)14-5-3-4-8(7-14)9(11)6-13-12/h2,6,8,13H,1,3-5,7,11-12H2/b9-6-. The lowest BCUT2D eigenvalue weighted by molar-refractivity contribution is -0.127. The highest BCUT2D eigenvalue weighted by Crippen LogP contribution is 2.20. The first-order chi connectivity index (χ1) is 7.19. The lowest BCUT2D eigenvalue weighted by Crippen LogP contribution is -2.41. The van der Waals surface area contributed by atoms with Gasteiger partial charge in [0, 0.05) is 30.9 Å². The summed E-state index contributed by atoms with van der Waals surface area (Å²) in [5, 5.41) is 0. The number of carbonyl (C=O) groups is 1. The third kappa shape index (κ3) is 2.99. The predicted molar refractivity (Wildman–Crippen MR) is 59.1 cm³/mol. The Morgan fingerprint density at radius 2 is 2.33 bits per heavy atom. The van der Waals surface area contributed by atoms with E-state index in [1.54, 1.807) is 11.1 Å². The van der Waals surface area contributed by atoms with Crippen LogP contribution in [0.15, 0.2) is 24.6 Å². The van der Waals surface area contributed by atoms with Gasteiger partial charge in [0.1, 0.15) is 0 Å². The molecular formula is C10H18N4O. The highest BCUT2D eigenvalue weighted by molar-refractivity contribution is 5.87. The lowest BCUT2D eigenvalue weighted by atomic mass is 9.95. The van der Waals surface area contributed by atoms with Gasteiger partial charge in [-0.15, -0.1) is 0 Å². The molecule has 0 saturated carbocycles. The maximum Gasteiger partial charge on any atom is 0.245 e. The van der Waals surface area contributed by atoms with E-state index in [0.717, 1.165) is 19.4 Å². The fourth-order valence-electron chi connectivity index (χ4n) is 1.79. The molecule has 0 spiro atoms. The highest BCUT2D eigenvalue weighted by Gasteiger charge is 2.23. The number of likely N-dealkylation sites (tertiary alicyclic amines) is 1. The van der Waals surface area contributed by atoms with Gasteiger partial charge in [-0.2, -0.15) is 0 Å². The summed E-state index contributed by atoms with van der Waals surface area (Å²) in [6, 6.07) is 0. The Morgan fingerprint density at radius 1 is 1.60 bits per heavy atom. The number of hydrazine groups is 1. The fourth-order valence-corrected chi connectivity index (χ4v) is 1.79. The van der Waals surface area contributed by atoms with Crippen LogP contribution < -0.4 is 17.0 Å². The van der Waals surface area contributed by atoms with Gasteiger partial charge in [-0.25, -0.2) is 0 Å². The molecule has 1 saturated heterocycles. The average Bonchev–Trinajstić information content (AvgIpc) is 2.28. The zero-order valence-corrected chi connectivity index (χ0v) is 8.78. The smallest absolute Gasteiger partial charge is 0.245 e. The van der Waals surface area contributed by atoms with Gasteiger partial charge in [-0.1, -0.05) is 6.58 Å². The van der Waals surface area contributed by atoms with Crippen LogP contribution in [0.2, 0.25) is 0 Å². The number of hydrogen-bond acceptors (Lipinski definition) is 4. The van der Waals surface area contributed by atoms with Gasteiger partial charge in [-0.05, 0) is 18.9 Å². The molecule has 0 aliphatic carbocycles. The van der Waals surface area contributed by atoms with Gasteiger partial charge >= 0.3 is 0 Å². The van der Waals surface area contributed by atoms with Crippen molar-refractivity contribution in [3.05, 3.63) is 24.6 Å². The number of amides is 1. The van der Waals surface area contributed by atoms with E-state index in [-0.39, 0.29) is 11.8 Å². The second-order valence-electron chi connectivity index (χ2n) is 3.64.